The van der Waals surface area contributed by atoms with Gasteiger partial charge < -0.3 is 10.8 Å². The molecule has 1 aliphatic carbocycles. The number of aromatic hydroxyl groups is 1. The summed E-state index contributed by atoms with van der Waals surface area (Å²) < 4.78 is 14.7. The fourth-order valence-corrected chi connectivity index (χ4v) is 3.14. The van der Waals surface area contributed by atoms with Crippen LogP contribution < -0.4 is 5.73 Å². The maximum Gasteiger partial charge on any atom is 0.123 e. The monoisotopic (exact) mass is 358 g/mol. The van der Waals surface area contributed by atoms with Gasteiger partial charge in [-0.05, 0) is 69.4 Å². The summed E-state index contributed by atoms with van der Waals surface area (Å²) in [5.41, 5.74) is 8.94. The van der Waals surface area contributed by atoms with E-state index in [4.69, 9.17) is 5.73 Å². The molecule has 0 aliphatic heterocycles. The molecule has 142 valence electrons. The van der Waals surface area contributed by atoms with Crippen molar-refractivity contribution in [2.45, 2.75) is 52.0 Å². The minimum absolute atomic E-state index is 0.228. The highest BCUT2D eigenvalue weighted by molar-refractivity contribution is 5.44. The van der Waals surface area contributed by atoms with E-state index >= 15 is 0 Å². The predicted molar refractivity (Wildman–Crippen MR) is 107 cm³/mol. The molecule has 0 heterocycles. The summed E-state index contributed by atoms with van der Waals surface area (Å²) in [5, 5.41) is 10.6. The van der Waals surface area contributed by atoms with Crippen molar-refractivity contribution in [3.63, 3.8) is 0 Å². The van der Waals surface area contributed by atoms with Crippen molar-refractivity contribution in [2.24, 2.45) is 5.73 Å². The Bertz CT molecular complexity index is 713. The molecule has 0 spiro atoms. The van der Waals surface area contributed by atoms with Gasteiger partial charge in [0.25, 0.3) is 0 Å². The summed E-state index contributed by atoms with van der Waals surface area (Å²) in [6.07, 6.45) is 8.34. The van der Waals surface area contributed by atoms with Crippen LogP contribution in [0.5, 0.6) is 5.75 Å². The van der Waals surface area contributed by atoms with Gasteiger partial charge in [0.2, 0.25) is 0 Å². The zero-order valence-corrected chi connectivity index (χ0v) is 16.3. The van der Waals surface area contributed by atoms with Crippen LogP contribution in [0.15, 0.2) is 53.5 Å². The van der Waals surface area contributed by atoms with Gasteiger partial charge in [0.05, 0.1) is 6.04 Å². The molecule has 1 fully saturated rings. The van der Waals surface area contributed by atoms with Gasteiger partial charge in [-0.15, -0.1) is 0 Å². The Kier molecular flexibility index (Phi) is 7.04. The van der Waals surface area contributed by atoms with E-state index in [1.165, 1.54) is 24.5 Å². The molecule has 4 heteroatoms. The summed E-state index contributed by atoms with van der Waals surface area (Å²) in [6, 6.07) is 5.47. The molecular formula is C22H31FN2O. The lowest BCUT2D eigenvalue weighted by Gasteiger charge is -2.29. The van der Waals surface area contributed by atoms with Gasteiger partial charge in [-0.3, -0.25) is 4.90 Å². The number of hydrogen-bond acceptors (Lipinski definition) is 3. The largest absolute Gasteiger partial charge is 0.508 e. The molecule has 1 aromatic carbocycles. The number of allylic oxidation sites excluding steroid dienone is 4. The molecule has 0 amide bonds. The quantitative estimate of drug-likeness (QED) is 0.619. The molecule has 1 atom stereocenters. The highest BCUT2D eigenvalue weighted by Crippen LogP contribution is 2.43. The van der Waals surface area contributed by atoms with Crippen molar-refractivity contribution in [3.05, 3.63) is 64.7 Å². The highest BCUT2D eigenvalue weighted by Gasteiger charge is 2.27. The van der Waals surface area contributed by atoms with Crippen molar-refractivity contribution < 1.29 is 9.50 Å². The van der Waals surface area contributed by atoms with Crippen LogP contribution in [-0.2, 0) is 0 Å². The molecule has 3 N–H and O–H groups in total. The molecule has 1 saturated carbocycles. The normalized spacial score (nSPS) is 17.7. The number of likely N-dealkylation sites (N-methyl/N-ethyl adjacent to an activating group) is 1. The average molecular weight is 359 g/mol. The molecule has 1 aromatic rings. The van der Waals surface area contributed by atoms with Crippen molar-refractivity contribution >= 4 is 0 Å². The Morgan fingerprint density at radius 1 is 1.38 bits per heavy atom. The van der Waals surface area contributed by atoms with E-state index in [1.807, 2.05) is 44.0 Å². The Labute approximate surface area is 156 Å². The first-order valence-corrected chi connectivity index (χ1v) is 9.33. The maximum absolute atomic E-state index is 14.7. The van der Waals surface area contributed by atoms with Crippen LogP contribution >= 0.6 is 0 Å². The minimum atomic E-state index is -0.361. The number of halogens is 1. The molecule has 0 bridgehead atoms. The first-order chi connectivity index (χ1) is 12.3. The Hall–Kier alpha value is -2.07. The lowest BCUT2D eigenvalue weighted by Crippen LogP contribution is -2.26. The molecule has 0 radical (unpaired) electrons. The van der Waals surface area contributed by atoms with E-state index < -0.39 is 0 Å². The van der Waals surface area contributed by atoms with Crippen LogP contribution in [0.3, 0.4) is 0 Å². The molecule has 3 nitrogen and oxygen atoms in total. The number of rotatable bonds is 8. The van der Waals surface area contributed by atoms with E-state index in [9.17, 15) is 9.50 Å². The molecule has 26 heavy (non-hydrogen) atoms. The second kappa shape index (κ2) is 9.04. The first-order valence-electron chi connectivity index (χ1n) is 9.33. The van der Waals surface area contributed by atoms with Crippen LogP contribution in [0.25, 0.3) is 0 Å². The summed E-state index contributed by atoms with van der Waals surface area (Å²) in [5.74, 6) is 0.531. The van der Waals surface area contributed by atoms with Crippen molar-refractivity contribution in [1.82, 2.24) is 4.90 Å². The van der Waals surface area contributed by atoms with Crippen molar-refractivity contribution in [2.75, 3.05) is 13.6 Å². The van der Waals surface area contributed by atoms with Gasteiger partial charge in [-0.25, -0.2) is 4.39 Å². The fraction of sp³-hybridized carbons (Fsp3) is 0.455. The fourth-order valence-electron chi connectivity index (χ4n) is 3.14. The second-order valence-corrected chi connectivity index (χ2v) is 7.22. The summed E-state index contributed by atoms with van der Waals surface area (Å²) in [4.78, 5) is 2.00. The van der Waals surface area contributed by atoms with E-state index in [-0.39, 0.29) is 17.6 Å². The Morgan fingerprint density at radius 3 is 2.62 bits per heavy atom. The summed E-state index contributed by atoms with van der Waals surface area (Å²) in [7, 11) is 1.92. The van der Waals surface area contributed by atoms with Gasteiger partial charge in [0, 0.05) is 17.8 Å². The Balaban J connectivity index is 2.42. The van der Waals surface area contributed by atoms with E-state index in [2.05, 4.69) is 6.07 Å². The van der Waals surface area contributed by atoms with Crippen LogP contribution in [0.2, 0.25) is 0 Å². The first kappa shape index (κ1) is 20.2. The summed E-state index contributed by atoms with van der Waals surface area (Å²) >= 11 is 0. The van der Waals surface area contributed by atoms with Gasteiger partial charge in [0.15, 0.2) is 0 Å². The topological polar surface area (TPSA) is 49.5 Å². The smallest absolute Gasteiger partial charge is 0.123 e. The van der Waals surface area contributed by atoms with Crippen LogP contribution in [0.4, 0.5) is 4.39 Å². The highest BCUT2D eigenvalue weighted by atomic mass is 19.1. The third-order valence-corrected chi connectivity index (χ3v) is 4.83. The predicted octanol–water partition coefficient (Wildman–Crippen LogP) is 5.31. The third-order valence-electron chi connectivity index (χ3n) is 4.83. The molecule has 0 saturated heterocycles. The van der Waals surface area contributed by atoms with Crippen LogP contribution in [-0.4, -0.2) is 23.6 Å². The third kappa shape index (κ3) is 5.21. The number of phenolic OH excluding ortho intramolecular Hbond substituents is 1. The number of nitrogens with two attached hydrogens (primary N) is 1. The van der Waals surface area contributed by atoms with Crippen molar-refractivity contribution in [1.29, 1.82) is 0 Å². The molecule has 1 unspecified atom stereocenters. The van der Waals surface area contributed by atoms with Gasteiger partial charge >= 0.3 is 0 Å². The zero-order chi connectivity index (χ0) is 19.3. The van der Waals surface area contributed by atoms with Gasteiger partial charge in [-0.1, -0.05) is 31.2 Å². The molecular weight excluding hydrogens is 327 g/mol. The summed E-state index contributed by atoms with van der Waals surface area (Å²) in [6.45, 7) is 6.15. The number of nitrogens with zero attached hydrogens (tertiary/aromatic N) is 1. The minimum Gasteiger partial charge on any atom is -0.508 e. The van der Waals surface area contributed by atoms with Crippen LogP contribution in [0, 0.1) is 0 Å². The zero-order valence-electron chi connectivity index (χ0n) is 16.3. The average Bonchev–Trinajstić information content (AvgIpc) is 3.44. The van der Waals surface area contributed by atoms with Gasteiger partial charge in [0.1, 0.15) is 11.6 Å². The van der Waals surface area contributed by atoms with E-state index in [0.717, 1.165) is 17.7 Å². The van der Waals surface area contributed by atoms with E-state index in [0.29, 0.717) is 18.0 Å². The lowest BCUT2D eigenvalue weighted by atomic mass is 9.94. The SMILES string of the molecule is CC/C=C\C(F)=C(/C)C(c1ccc(C2CC2)cc1O)N(C)C/C=C(\C)N. The number of phenols is 1. The number of hydrogen-bond donors (Lipinski definition) is 2. The molecule has 0 aromatic heterocycles. The number of benzene rings is 1. The van der Waals surface area contributed by atoms with Gasteiger partial charge in [-0.2, -0.15) is 0 Å². The molecule has 2 rings (SSSR count). The maximum atomic E-state index is 14.7. The Morgan fingerprint density at radius 2 is 2.08 bits per heavy atom. The standard InChI is InChI=1S/C22H31FN2O/c1-5-6-7-20(23)16(3)22(25(4)13-12-15(2)24)19-11-10-18(14-21(19)26)17-8-9-17/h6-7,10-12,14,17,22,26H,5,8-9,13,24H2,1-4H3/b7-6-,15-12+,20-16-. The van der Waals surface area contributed by atoms with E-state index in [1.54, 1.807) is 13.0 Å². The van der Waals surface area contributed by atoms with Crippen LogP contribution in [0.1, 0.15) is 63.1 Å². The van der Waals surface area contributed by atoms with Crippen molar-refractivity contribution in [3.8, 4) is 5.75 Å². The molecule has 1 aliphatic rings. The second-order valence-electron chi connectivity index (χ2n) is 7.22. The lowest BCUT2D eigenvalue weighted by molar-refractivity contribution is 0.292.